The Morgan fingerprint density at radius 3 is 2.45 bits per heavy atom. The highest BCUT2D eigenvalue weighted by Gasteiger charge is 2.10. The third-order valence-corrected chi connectivity index (χ3v) is 5.24. The van der Waals surface area contributed by atoms with Crippen LogP contribution in [0.4, 0.5) is 0 Å². The van der Waals surface area contributed by atoms with Crippen molar-refractivity contribution in [1.29, 1.82) is 0 Å². The Bertz CT molecular complexity index is 483. The van der Waals surface area contributed by atoms with Crippen LogP contribution in [0.5, 0.6) is 0 Å². The highest BCUT2D eigenvalue weighted by Crippen LogP contribution is 2.20. The summed E-state index contributed by atoms with van der Waals surface area (Å²) in [5.41, 5.74) is 1.27. The molecule has 0 amide bonds. The molecule has 0 saturated heterocycles. The molecule has 1 aromatic rings. The number of nitrogens with one attached hydrogen (secondary N) is 1. The first kappa shape index (κ1) is 17.5. The van der Waals surface area contributed by atoms with Crippen molar-refractivity contribution in [2.24, 2.45) is 0 Å². The van der Waals surface area contributed by atoms with E-state index in [2.05, 4.69) is 43.4 Å². The molecule has 0 aliphatic carbocycles. The van der Waals surface area contributed by atoms with Gasteiger partial charge in [0.2, 0.25) is 0 Å². The van der Waals surface area contributed by atoms with E-state index in [0.717, 1.165) is 25.1 Å². The zero-order valence-electron chi connectivity index (χ0n) is 12.6. The van der Waals surface area contributed by atoms with Crippen LogP contribution < -0.4 is 5.32 Å². The standard InChI is InChI=1S/C15H25NO2S2/c1-4-16-14(6-5-11-20(3,17)18)12-19-15-9-7-13(2)8-10-15/h7-10,14,16H,4-6,11-12H2,1-3H3. The summed E-state index contributed by atoms with van der Waals surface area (Å²) in [7, 11) is -2.84. The molecule has 0 radical (unpaired) electrons. The summed E-state index contributed by atoms with van der Waals surface area (Å²) >= 11 is 1.82. The molecule has 3 nitrogen and oxygen atoms in total. The summed E-state index contributed by atoms with van der Waals surface area (Å²) in [5, 5.41) is 3.43. The molecule has 0 aliphatic heterocycles. The number of rotatable bonds is 9. The molecule has 1 rings (SSSR count). The first-order chi connectivity index (χ1) is 9.40. The Balaban J connectivity index is 2.40. The van der Waals surface area contributed by atoms with Gasteiger partial charge in [0.25, 0.3) is 0 Å². The highest BCUT2D eigenvalue weighted by molar-refractivity contribution is 7.99. The zero-order valence-corrected chi connectivity index (χ0v) is 14.2. The maximum absolute atomic E-state index is 11.2. The first-order valence-electron chi connectivity index (χ1n) is 7.01. The lowest BCUT2D eigenvalue weighted by Gasteiger charge is -2.17. The van der Waals surface area contributed by atoms with Gasteiger partial charge in [0.1, 0.15) is 9.84 Å². The van der Waals surface area contributed by atoms with Crippen molar-refractivity contribution >= 4 is 21.6 Å². The van der Waals surface area contributed by atoms with Crippen LogP contribution in [0.2, 0.25) is 0 Å². The minimum atomic E-state index is -2.84. The van der Waals surface area contributed by atoms with Crippen molar-refractivity contribution in [1.82, 2.24) is 5.32 Å². The lowest BCUT2D eigenvalue weighted by Crippen LogP contribution is -2.31. The number of hydrogen-bond acceptors (Lipinski definition) is 4. The number of benzene rings is 1. The van der Waals surface area contributed by atoms with Crippen molar-refractivity contribution in [3.8, 4) is 0 Å². The summed E-state index contributed by atoms with van der Waals surface area (Å²) in [6.07, 6.45) is 2.93. The van der Waals surface area contributed by atoms with E-state index in [-0.39, 0.29) is 5.75 Å². The van der Waals surface area contributed by atoms with Crippen LogP contribution in [-0.4, -0.2) is 38.8 Å². The smallest absolute Gasteiger partial charge is 0.147 e. The van der Waals surface area contributed by atoms with Gasteiger partial charge in [-0.2, -0.15) is 0 Å². The maximum atomic E-state index is 11.2. The van der Waals surface area contributed by atoms with Gasteiger partial charge in [0.05, 0.1) is 0 Å². The molecule has 0 spiro atoms. The minimum Gasteiger partial charge on any atom is -0.313 e. The highest BCUT2D eigenvalue weighted by atomic mass is 32.2. The number of thioether (sulfide) groups is 1. The van der Waals surface area contributed by atoms with Gasteiger partial charge in [0, 0.05) is 28.7 Å². The van der Waals surface area contributed by atoms with Crippen molar-refractivity contribution in [3.63, 3.8) is 0 Å². The second kappa shape index (κ2) is 8.70. The number of aryl methyl sites for hydroxylation is 1. The van der Waals surface area contributed by atoms with Gasteiger partial charge < -0.3 is 5.32 Å². The lowest BCUT2D eigenvalue weighted by atomic mass is 10.2. The quantitative estimate of drug-likeness (QED) is 0.712. The summed E-state index contributed by atoms with van der Waals surface area (Å²) < 4.78 is 22.3. The fraction of sp³-hybridized carbons (Fsp3) is 0.600. The fourth-order valence-corrected chi connectivity index (χ4v) is 3.65. The lowest BCUT2D eigenvalue weighted by molar-refractivity contribution is 0.527. The Labute approximate surface area is 127 Å². The van der Waals surface area contributed by atoms with Crippen molar-refractivity contribution in [2.45, 2.75) is 37.6 Å². The van der Waals surface area contributed by atoms with E-state index in [1.165, 1.54) is 16.7 Å². The molecule has 0 bridgehead atoms. The van der Waals surface area contributed by atoms with E-state index >= 15 is 0 Å². The van der Waals surface area contributed by atoms with E-state index in [1.807, 2.05) is 11.8 Å². The predicted octanol–water partition coefficient (Wildman–Crippen LogP) is 2.89. The average molecular weight is 316 g/mol. The average Bonchev–Trinajstić information content (AvgIpc) is 2.36. The number of hydrogen-bond donors (Lipinski definition) is 1. The predicted molar refractivity (Wildman–Crippen MR) is 88.3 cm³/mol. The molecular weight excluding hydrogens is 290 g/mol. The van der Waals surface area contributed by atoms with Gasteiger partial charge >= 0.3 is 0 Å². The zero-order chi connectivity index (χ0) is 15.0. The van der Waals surface area contributed by atoms with Crippen LogP contribution in [0.25, 0.3) is 0 Å². The topological polar surface area (TPSA) is 46.2 Å². The molecule has 1 N–H and O–H groups in total. The Morgan fingerprint density at radius 2 is 1.90 bits per heavy atom. The molecule has 0 saturated carbocycles. The van der Waals surface area contributed by atoms with Gasteiger partial charge in [-0.05, 0) is 38.4 Å². The van der Waals surface area contributed by atoms with Crippen LogP contribution in [0.1, 0.15) is 25.3 Å². The summed E-state index contributed by atoms with van der Waals surface area (Å²) in [6, 6.07) is 8.88. The number of sulfone groups is 1. The van der Waals surface area contributed by atoms with Gasteiger partial charge in [0.15, 0.2) is 0 Å². The Hall–Kier alpha value is -0.520. The van der Waals surface area contributed by atoms with E-state index in [1.54, 1.807) is 0 Å². The summed E-state index contributed by atoms with van der Waals surface area (Å²) in [6.45, 7) is 5.08. The molecule has 0 fully saturated rings. The summed E-state index contributed by atoms with van der Waals surface area (Å²) in [4.78, 5) is 1.27. The van der Waals surface area contributed by atoms with Gasteiger partial charge in [-0.1, -0.05) is 24.6 Å². The Kier molecular flexibility index (Phi) is 7.62. The third-order valence-electron chi connectivity index (χ3n) is 3.03. The van der Waals surface area contributed by atoms with Crippen molar-refractivity contribution < 1.29 is 8.42 Å². The Morgan fingerprint density at radius 1 is 1.25 bits per heavy atom. The van der Waals surface area contributed by atoms with Crippen LogP contribution in [0, 0.1) is 6.92 Å². The molecule has 1 aromatic carbocycles. The maximum Gasteiger partial charge on any atom is 0.147 e. The molecule has 1 atom stereocenters. The summed E-state index contributed by atoms with van der Waals surface area (Å²) in [5.74, 6) is 1.25. The van der Waals surface area contributed by atoms with E-state index in [9.17, 15) is 8.42 Å². The molecule has 0 heterocycles. The SMILES string of the molecule is CCNC(CCCS(C)(=O)=O)CSc1ccc(C)cc1. The molecule has 20 heavy (non-hydrogen) atoms. The second-order valence-corrected chi connectivity index (χ2v) is 8.50. The van der Waals surface area contributed by atoms with Gasteiger partial charge in [-0.3, -0.25) is 0 Å². The second-order valence-electron chi connectivity index (χ2n) is 5.15. The van der Waals surface area contributed by atoms with E-state index < -0.39 is 9.84 Å². The van der Waals surface area contributed by atoms with Crippen LogP contribution in [0.15, 0.2) is 29.2 Å². The molecule has 1 unspecified atom stereocenters. The van der Waals surface area contributed by atoms with Gasteiger partial charge in [-0.15, -0.1) is 11.8 Å². The van der Waals surface area contributed by atoms with Gasteiger partial charge in [-0.25, -0.2) is 8.42 Å². The van der Waals surface area contributed by atoms with Crippen LogP contribution >= 0.6 is 11.8 Å². The molecule has 0 aliphatic rings. The molecular formula is C15H25NO2S2. The first-order valence-corrected chi connectivity index (χ1v) is 10.1. The molecule has 114 valence electrons. The molecule has 0 aromatic heterocycles. The monoisotopic (exact) mass is 315 g/mol. The van der Waals surface area contributed by atoms with Crippen LogP contribution in [0.3, 0.4) is 0 Å². The van der Waals surface area contributed by atoms with Crippen molar-refractivity contribution in [2.75, 3.05) is 24.3 Å². The normalized spacial score (nSPS) is 13.3. The minimum absolute atomic E-state index is 0.282. The van der Waals surface area contributed by atoms with E-state index in [0.29, 0.717) is 6.04 Å². The fourth-order valence-electron chi connectivity index (χ4n) is 1.96. The molecule has 5 heteroatoms. The van der Waals surface area contributed by atoms with E-state index in [4.69, 9.17) is 0 Å². The largest absolute Gasteiger partial charge is 0.313 e. The third kappa shape index (κ3) is 7.92. The van der Waals surface area contributed by atoms with Crippen molar-refractivity contribution in [3.05, 3.63) is 29.8 Å². The van der Waals surface area contributed by atoms with Crippen LogP contribution in [-0.2, 0) is 9.84 Å².